The van der Waals surface area contributed by atoms with Crippen LogP contribution in [-0.2, 0) is 16.0 Å². The molecule has 0 aromatic carbocycles. The normalized spacial score (nSPS) is 19.4. The van der Waals surface area contributed by atoms with Gasteiger partial charge in [-0.05, 0) is 25.0 Å². The van der Waals surface area contributed by atoms with E-state index in [0.717, 1.165) is 29.2 Å². The number of carboxylic acid groups (broad SMARTS) is 2. The molecule has 32 heavy (non-hydrogen) atoms. The summed E-state index contributed by atoms with van der Waals surface area (Å²) >= 11 is 2.99. The lowest BCUT2D eigenvalue weighted by Gasteiger charge is -2.32. The van der Waals surface area contributed by atoms with Crippen molar-refractivity contribution in [3.05, 3.63) is 32.6 Å². The van der Waals surface area contributed by atoms with E-state index in [0.29, 0.717) is 10.7 Å². The SMILES string of the molecule is CCC(=O)O.NC1=NC(O)C2=C(NC[C@@H](CCc3ccc(C(=O)NCCC(=O)O)s3)S2)N1. The molecule has 3 rings (SSSR count). The summed E-state index contributed by atoms with van der Waals surface area (Å²) in [6.07, 6.45) is 0.874. The van der Waals surface area contributed by atoms with Crippen LogP contribution >= 0.6 is 23.1 Å². The molecule has 0 spiro atoms. The first-order chi connectivity index (χ1) is 15.2. The van der Waals surface area contributed by atoms with Crippen LogP contribution < -0.4 is 21.7 Å². The average Bonchev–Trinajstić information content (AvgIpc) is 3.21. The van der Waals surface area contributed by atoms with Gasteiger partial charge in [-0.2, -0.15) is 0 Å². The molecule has 2 aliphatic heterocycles. The predicted octanol–water partition coefficient (Wildman–Crippen LogP) is 0.477. The van der Waals surface area contributed by atoms with Gasteiger partial charge < -0.3 is 37.0 Å². The summed E-state index contributed by atoms with van der Waals surface area (Å²) in [6, 6.07) is 3.68. The monoisotopic (exact) mass is 485 g/mol. The Morgan fingerprint density at radius 3 is 2.66 bits per heavy atom. The van der Waals surface area contributed by atoms with E-state index in [4.69, 9.17) is 15.9 Å². The van der Waals surface area contributed by atoms with E-state index in [-0.39, 0.29) is 36.5 Å². The number of aliphatic carboxylic acids is 2. The number of aliphatic imine (C=N–C) groups is 1. The fraction of sp³-hybridized carbons (Fsp3) is 0.474. The number of carboxylic acids is 2. The lowest BCUT2D eigenvalue weighted by Crippen LogP contribution is -2.46. The highest BCUT2D eigenvalue weighted by Gasteiger charge is 2.29. The standard InChI is InChI=1S/C16H21N5O4S2.C3H6O2/c17-16-20-13-12(15(25)21-16)27-9(7-19-13)2-1-8-3-4-10(26-8)14(24)18-6-5-11(22)23;1-2-3(4)5/h3-4,9,15,19,25H,1-2,5-7H2,(H,18,24)(H,22,23)(H3,17,20,21);2H2,1H3,(H,4,5)/t9-,15?;/m1./s1. The Morgan fingerprint density at radius 1 is 1.28 bits per heavy atom. The number of carbonyl (C=O) groups excluding carboxylic acids is 1. The van der Waals surface area contributed by atoms with Gasteiger partial charge in [0.25, 0.3) is 5.91 Å². The fourth-order valence-corrected chi connectivity index (χ4v) is 4.81. The second kappa shape index (κ2) is 12.3. The van der Waals surface area contributed by atoms with Crippen LogP contribution in [0.25, 0.3) is 0 Å². The number of amides is 1. The zero-order chi connectivity index (χ0) is 23.7. The van der Waals surface area contributed by atoms with Crippen LogP contribution in [0.2, 0.25) is 0 Å². The summed E-state index contributed by atoms with van der Waals surface area (Å²) in [4.78, 5) is 38.2. The fourth-order valence-electron chi connectivity index (χ4n) is 2.70. The van der Waals surface area contributed by atoms with Crippen LogP contribution in [-0.4, -0.2) is 63.7 Å². The number of carbonyl (C=O) groups is 3. The van der Waals surface area contributed by atoms with Gasteiger partial charge in [-0.15, -0.1) is 23.1 Å². The molecule has 1 aromatic rings. The number of aryl methyl sites for hydroxylation is 1. The Morgan fingerprint density at radius 2 is 2.00 bits per heavy atom. The molecule has 3 heterocycles. The third-order valence-electron chi connectivity index (χ3n) is 4.32. The van der Waals surface area contributed by atoms with Gasteiger partial charge in [0.15, 0.2) is 12.2 Å². The first-order valence-corrected chi connectivity index (χ1v) is 11.6. The molecule has 0 bridgehead atoms. The smallest absolute Gasteiger partial charge is 0.305 e. The summed E-state index contributed by atoms with van der Waals surface area (Å²) in [5.41, 5.74) is 5.61. The average molecular weight is 486 g/mol. The van der Waals surface area contributed by atoms with Crippen LogP contribution in [0.5, 0.6) is 0 Å². The topological polar surface area (TPSA) is 186 Å². The second-order valence-corrected chi connectivity index (χ2v) is 9.34. The minimum Gasteiger partial charge on any atom is -0.481 e. The van der Waals surface area contributed by atoms with E-state index in [9.17, 15) is 19.5 Å². The van der Waals surface area contributed by atoms with Crippen molar-refractivity contribution < 1.29 is 29.7 Å². The van der Waals surface area contributed by atoms with E-state index in [1.165, 1.54) is 11.3 Å². The molecule has 1 amide bonds. The number of guanidine groups is 1. The Bertz CT molecular complexity index is 901. The molecule has 0 saturated carbocycles. The first-order valence-electron chi connectivity index (χ1n) is 9.93. The Kier molecular flexibility index (Phi) is 9.81. The predicted molar refractivity (Wildman–Crippen MR) is 122 cm³/mol. The van der Waals surface area contributed by atoms with Gasteiger partial charge in [-0.25, -0.2) is 4.99 Å². The molecule has 0 radical (unpaired) electrons. The number of aliphatic hydroxyl groups is 1. The molecule has 11 nitrogen and oxygen atoms in total. The molecule has 1 aromatic heterocycles. The second-order valence-electron chi connectivity index (χ2n) is 6.82. The van der Waals surface area contributed by atoms with Crippen LogP contribution in [0.1, 0.15) is 40.7 Å². The third-order valence-corrected chi connectivity index (χ3v) is 6.87. The number of aliphatic hydroxyl groups excluding tert-OH is 1. The van der Waals surface area contributed by atoms with Gasteiger partial charge in [0.1, 0.15) is 5.82 Å². The van der Waals surface area contributed by atoms with Crippen molar-refractivity contribution in [2.24, 2.45) is 10.7 Å². The highest BCUT2D eigenvalue weighted by Crippen LogP contribution is 2.34. The Labute approximate surface area is 193 Å². The van der Waals surface area contributed by atoms with E-state index in [2.05, 4.69) is 20.9 Å². The molecule has 1 unspecified atom stereocenters. The summed E-state index contributed by atoms with van der Waals surface area (Å²) in [7, 11) is 0. The van der Waals surface area contributed by atoms with Crippen molar-refractivity contribution in [3.63, 3.8) is 0 Å². The maximum Gasteiger partial charge on any atom is 0.305 e. The number of rotatable bonds is 8. The number of hydrogen-bond donors (Lipinski definition) is 7. The molecule has 2 aliphatic rings. The highest BCUT2D eigenvalue weighted by atomic mass is 32.2. The molecule has 0 fully saturated rings. The number of nitrogens with two attached hydrogens (primary N) is 1. The van der Waals surface area contributed by atoms with Gasteiger partial charge in [0, 0.05) is 29.6 Å². The van der Waals surface area contributed by atoms with Gasteiger partial charge in [-0.1, -0.05) is 6.92 Å². The lowest BCUT2D eigenvalue weighted by atomic mass is 10.2. The zero-order valence-corrected chi connectivity index (χ0v) is 19.1. The van der Waals surface area contributed by atoms with Gasteiger partial charge >= 0.3 is 11.9 Å². The van der Waals surface area contributed by atoms with Crippen molar-refractivity contribution in [1.29, 1.82) is 0 Å². The van der Waals surface area contributed by atoms with E-state index >= 15 is 0 Å². The molecule has 176 valence electrons. The molecule has 2 atom stereocenters. The number of hydrogen-bond acceptors (Lipinski definition) is 10. The van der Waals surface area contributed by atoms with Crippen molar-refractivity contribution >= 4 is 46.9 Å². The molecular formula is C19H27N5O6S2. The Hall–Kier alpha value is -2.77. The van der Waals surface area contributed by atoms with Gasteiger partial charge in [0.05, 0.1) is 16.2 Å². The molecular weight excluding hydrogens is 458 g/mol. The van der Waals surface area contributed by atoms with E-state index in [1.807, 2.05) is 6.07 Å². The largest absolute Gasteiger partial charge is 0.481 e. The number of thioether (sulfide) groups is 1. The highest BCUT2D eigenvalue weighted by molar-refractivity contribution is 8.03. The summed E-state index contributed by atoms with van der Waals surface area (Å²) in [5.74, 6) is -1.02. The molecule has 8 N–H and O–H groups in total. The van der Waals surface area contributed by atoms with Crippen LogP contribution in [0, 0.1) is 0 Å². The summed E-state index contributed by atoms with van der Waals surface area (Å²) in [6.45, 7) is 2.46. The summed E-state index contributed by atoms with van der Waals surface area (Å²) < 4.78 is 0. The van der Waals surface area contributed by atoms with Gasteiger partial charge in [0.2, 0.25) is 0 Å². The maximum atomic E-state index is 12.0. The van der Waals surface area contributed by atoms with Crippen molar-refractivity contribution in [1.82, 2.24) is 16.0 Å². The first kappa shape index (κ1) is 25.5. The number of nitrogens with one attached hydrogen (secondary N) is 3. The van der Waals surface area contributed by atoms with Crippen LogP contribution in [0.4, 0.5) is 0 Å². The van der Waals surface area contributed by atoms with E-state index in [1.54, 1.807) is 24.8 Å². The number of thiophene rings is 1. The number of nitrogens with zero attached hydrogens (tertiary/aromatic N) is 1. The molecule has 0 saturated heterocycles. The van der Waals surface area contributed by atoms with Crippen LogP contribution in [0.15, 0.2) is 27.9 Å². The lowest BCUT2D eigenvalue weighted by molar-refractivity contribution is -0.137. The van der Waals surface area contributed by atoms with Crippen molar-refractivity contribution in [3.8, 4) is 0 Å². The third kappa shape index (κ3) is 8.05. The summed E-state index contributed by atoms with van der Waals surface area (Å²) in [5, 5.41) is 35.4. The molecule has 0 aliphatic carbocycles. The Balaban J connectivity index is 0.000000654. The van der Waals surface area contributed by atoms with Crippen molar-refractivity contribution in [2.75, 3.05) is 13.1 Å². The quantitative estimate of drug-likeness (QED) is 0.273. The van der Waals surface area contributed by atoms with Crippen molar-refractivity contribution in [2.45, 2.75) is 44.1 Å². The minimum absolute atomic E-state index is 0.0931. The zero-order valence-electron chi connectivity index (χ0n) is 17.5. The molecule has 13 heteroatoms. The van der Waals surface area contributed by atoms with Crippen LogP contribution in [0.3, 0.4) is 0 Å². The van der Waals surface area contributed by atoms with Gasteiger partial charge in [-0.3, -0.25) is 14.4 Å². The van der Waals surface area contributed by atoms with E-state index < -0.39 is 18.2 Å². The minimum atomic E-state index is -0.940. The maximum absolute atomic E-state index is 12.0.